The molecule has 3 heterocycles. The number of allylic oxidation sites excluding steroid dienone is 3. The monoisotopic (exact) mass is 451 g/mol. The lowest BCUT2D eigenvalue weighted by Crippen LogP contribution is -2.32. The van der Waals surface area contributed by atoms with Crippen LogP contribution in [0.3, 0.4) is 0 Å². The predicted octanol–water partition coefficient (Wildman–Crippen LogP) is 6.76. The van der Waals surface area contributed by atoms with E-state index in [0.717, 1.165) is 6.54 Å². The Morgan fingerprint density at radius 2 is 1.24 bits per heavy atom. The molecule has 0 amide bonds. The van der Waals surface area contributed by atoms with Gasteiger partial charge < -0.3 is 14.7 Å². The third kappa shape index (κ3) is 5.30. The first-order chi connectivity index (χ1) is 16.8. The Hall–Kier alpha value is -3.20. The average Bonchev–Trinajstić information content (AvgIpc) is 3.62. The van der Waals surface area contributed by atoms with E-state index >= 15 is 0 Å². The van der Waals surface area contributed by atoms with Gasteiger partial charge >= 0.3 is 0 Å². The van der Waals surface area contributed by atoms with Gasteiger partial charge in [0, 0.05) is 49.8 Å². The lowest BCUT2D eigenvalue weighted by molar-refractivity contribution is 0.354. The molecule has 3 aliphatic rings. The van der Waals surface area contributed by atoms with Crippen molar-refractivity contribution in [2.24, 2.45) is 0 Å². The van der Waals surface area contributed by atoms with Crippen LogP contribution < -0.4 is 9.80 Å². The Balaban J connectivity index is 1.22. The third-order valence-electron chi connectivity index (χ3n) is 7.27. The molecule has 3 aliphatic heterocycles. The van der Waals surface area contributed by atoms with Crippen LogP contribution in [0.4, 0.5) is 11.4 Å². The van der Waals surface area contributed by atoms with Crippen LogP contribution in [0.15, 0.2) is 84.6 Å². The second-order valence-corrected chi connectivity index (χ2v) is 9.52. The van der Waals surface area contributed by atoms with Crippen molar-refractivity contribution in [1.82, 2.24) is 4.90 Å². The lowest BCUT2D eigenvalue weighted by atomic mass is 10.1. The van der Waals surface area contributed by atoms with Gasteiger partial charge in [-0.2, -0.15) is 0 Å². The molecule has 0 aliphatic carbocycles. The molecule has 5 rings (SSSR count). The minimum atomic E-state index is 0.269. The number of rotatable bonds is 7. The van der Waals surface area contributed by atoms with E-state index in [1.165, 1.54) is 80.1 Å². The van der Waals surface area contributed by atoms with Crippen molar-refractivity contribution in [3.63, 3.8) is 0 Å². The molecule has 0 bridgehead atoms. The first kappa shape index (κ1) is 22.6. The second-order valence-electron chi connectivity index (χ2n) is 9.52. The minimum absolute atomic E-state index is 0.269. The van der Waals surface area contributed by atoms with E-state index in [9.17, 15) is 0 Å². The van der Waals surface area contributed by atoms with Gasteiger partial charge in [0.25, 0.3) is 0 Å². The summed E-state index contributed by atoms with van der Waals surface area (Å²) in [7, 11) is 0. The summed E-state index contributed by atoms with van der Waals surface area (Å²) in [5, 5.41) is 0. The van der Waals surface area contributed by atoms with Crippen molar-refractivity contribution in [1.29, 1.82) is 0 Å². The van der Waals surface area contributed by atoms with Gasteiger partial charge in [0.15, 0.2) is 0 Å². The highest BCUT2D eigenvalue weighted by Crippen LogP contribution is 2.24. The fourth-order valence-corrected chi connectivity index (χ4v) is 5.29. The van der Waals surface area contributed by atoms with Crippen LogP contribution in [0.25, 0.3) is 12.2 Å². The van der Waals surface area contributed by atoms with Crippen LogP contribution in [0.5, 0.6) is 0 Å². The van der Waals surface area contributed by atoms with Crippen molar-refractivity contribution in [2.75, 3.05) is 42.5 Å². The molecule has 3 heteroatoms. The van der Waals surface area contributed by atoms with Crippen LogP contribution in [-0.4, -0.2) is 43.7 Å². The van der Waals surface area contributed by atoms with E-state index in [4.69, 9.17) is 0 Å². The van der Waals surface area contributed by atoms with E-state index in [0.29, 0.717) is 0 Å². The molecule has 2 aromatic carbocycles. The molecule has 2 aromatic rings. The van der Waals surface area contributed by atoms with Gasteiger partial charge in [0.2, 0.25) is 0 Å². The van der Waals surface area contributed by atoms with Gasteiger partial charge in [-0.25, -0.2) is 0 Å². The summed E-state index contributed by atoms with van der Waals surface area (Å²) in [4.78, 5) is 7.42. The third-order valence-corrected chi connectivity index (χ3v) is 7.27. The summed E-state index contributed by atoms with van der Waals surface area (Å²) in [6.45, 7) is 7.97. The Labute approximate surface area is 205 Å². The Bertz CT molecular complexity index is 1050. The van der Waals surface area contributed by atoms with Crippen LogP contribution >= 0.6 is 0 Å². The number of hydrogen-bond acceptors (Lipinski definition) is 3. The summed E-state index contributed by atoms with van der Waals surface area (Å²) in [5.74, 6) is 0. The van der Waals surface area contributed by atoms with Crippen molar-refractivity contribution >= 4 is 23.5 Å². The Morgan fingerprint density at radius 1 is 0.706 bits per heavy atom. The first-order valence-electron chi connectivity index (χ1n) is 13.0. The lowest BCUT2D eigenvalue weighted by Gasteiger charge is -2.32. The Kier molecular flexibility index (Phi) is 7.19. The molecule has 0 spiro atoms. The summed E-state index contributed by atoms with van der Waals surface area (Å²) >= 11 is 0. The largest absolute Gasteiger partial charge is 0.372 e. The summed E-state index contributed by atoms with van der Waals surface area (Å²) in [5.41, 5.74) is 6.47. The van der Waals surface area contributed by atoms with Crippen LogP contribution in [0.1, 0.15) is 43.7 Å². The number of nitrogens with zero attached hydrogens (tertiary/aromatic N) is 3. The summed E-state index contributed by atoms with van der Waals surface area (Å²) in [6, 6.07) is 18.3. The van der Waals surface area contributed by atoms with Crippen molar-refractivity contribution in [3.8, 4) is 0 Å². The SMILES string of the molecule is CCN1C(/C=C/c2ccc(N3CCCC3)cc2)=CC=CC1/C=C/c1ccc(N2CCCC2)cc1. The van der Waals surface area contributed by atoms with E-state index in [1.54, 1.807) is 0 Å². The van der Waals surface area contributed by atoms with Gasteiger partial charge in [-0.05, 0) is 80.2 Å². The van der Waals surface area contributed by atoms with Gasteiger partial charge in [0.05, 0.1) is 6.04 Å². The second kappa shape index (κ2) is 10.8. The number of anilines is 2. The smallest absolute Gasteiger partial charge is 0.0663 e. The fourth-order valence-electron chi connectivity index (χ4n) is 5.29. The number of hydrogen-bond donors (Lipinski definition) is 0. The maximum Gasteiger partial charge on any atom is 0.0663 e. The minimum Gasteiger partial charge on any atom is -0.372 e. The zero-order valence-electron chi connectivity index (χ0n) is 20.4. The molecule has 176 valence electrons. The zero-order valence-corrected chi connectivity index (χ0v) is 20.4. The van der Waals surface area contributed by atoms with Gasteiger partial charge in [-0.3, -0.25) is 0 Å². The quantitative estimate of drug-likeness (QED) is 0.460. The van der Waals surface area contributed by atoms with E-state index in [2.05, 4.69) is 113 Å². The predicted molar refractivity (Wildman–Crippen MR) is 147 cm³/mol. The molecule has 1 atom stereocenters. The molecule has 0 saturated carbocycles. The van der Waals surface area contributed by atoms with Gasteiger partial charge in [-0.1, -0.05) is 54.6 Å². The molecule has 2 fully saturated rings. The average molecular weight is 452 g/mol. The van der Waals surface area contributed by atoms with E-state index in [1.807, 2.05) is 0 Å². The standard InChI is InChI=1S/C31H37N3/c1-2-34-30(20-14-26-10-16-28(17-11-26)32-22-3-4-23-32)8-7-9-31(34)21-15-27-12-18-29(19-13-27)33-24-5-6-25-33/h7-21,30H,2-6,22-25H2,1H3/b20-14+,21-15+. The molecule has 0 N–H and O–H groups in total. The maximum absolute atomic E-state index is 2.49. The topological polar surface area (TPSA) is 9.72 Å². The van der Waals surface area contributed by atoms with Crippen LogP contribution in [0.2, 0.25) is 0 Å². The van der Waals surface area contributed by atoms with Gasteiger partial charge in [0.1, 0.15) is 0 Å². The molecule has 0 aromatic heterocycles. The van der Waals surface area contributed by atoms with Crippen LogP contribution in [0, 0.1) is 0 Å². The fraction of sp³-hybridized carbons (Fsp3) is 0.355. The maximum atomic E-state index is 2.49. The molecule has 0 radical (unpaired) electrons. The highest BCUT2D eigenvalue weighted by atomic mass is 15.2. The number of benzene rings is 2. The van der Waals surface area contributed by atoms with Crippen molar-refractivity contribution < 1.29 is 0 Å². The molecule has 2 saturated heterocycles. The molecular weight excluding hydrogens is 414 g/mol. The van der Waals surface area contributed by atoms with Crippen LogP contribution in [-0.2, 0) is 0 Å². The molecular formula is C31H37N3. The normalized spacial score (nSPS) is 20.8. The first-order valence-corrected chi connectivity index (χ1v) is 13.0. The highest BCUT2D eigenvalue weighted by Gasteiger charge is 2.16. The van der Waals surface area contributed by atoms with E-state index in [-0.39, 0.29) is 6.04 Å². The molecule has 34 heavy (non-hydrogen) atoms. The molecule has 3 nitrogen and oxygen atoms in total. The van der Waals surface area contributed by atoms with Crippen molar-refractivity contribution in [3.05, 3.63) is 95.7 Å². The van der Waals surface area contributed by atoms with Gasteiger partial charge in [-0.15, -0.1) is 0 Å². The summed E-state index contributed by atoms with van der Waals surface area (Å²) in [6.07, 6.45) is 21.0. The Morgan fingerprint density at radius 3 is 1.76 bits per heavy atom. The zero-order chi connectivity index (χ0) is 23.2. The summed E-state index contributed by atoms with van der Waals surface area (Å²) < 4.78 is 0. The highest BCUT2D eigenvalue weighted by molar-refractivity contribution is 5.60. The molecule has 1 unspecified atom stereocenters. The van der Waals surface area contributed by atoms with E-state index < -0.39 is 0 Å². The van der Waals surface area contributed by atoms with Crippen molar-refractivity contribution in [2.45, 2.75) is 38.6 Å². The number of likely N-dealkylation sites (N-methyl/N-ethyl adjacent to an activating group) is 1.